The number of nitrogens with one attached hydrogen (secondary N) is 1. The zero-order valence-electron chi connectivity index (χ0n) is 11.7. The molecule has 1 fully saturated rings. The van der Waals surface area contributed by atoms with Gasteiger partial charge in [-0.05, 0) is 61.0 Å². The number of hydrogen-bond donors (Lipinski definition) is 1. The van der Waals surface area contributed by atoms with Gasteiger partial charge in [-0.3, -0.25) is 4.68 Å². The van der Waals surface area contributed by atoms with Crippen LogP contribution < -0.4 is 5.32 Å². The average Bonchev–Trinajstić information content (AvgIpc) is 2.66. The van der Waals surface area contributed by atoms with Crippen molar-refractivity contribution in [2.75, 3.05) is 7.05 Å². The molecule has 1 N–H and O–H groups in total. The highest BCUT2D eigenvalue weighted by Crippen LogP contribution is 2.30. The van der Waals surface area contributed by atoms with Crippen LogP contribution in [0.1, 0.15) is 44.0 Å². The highest BCUT2D eigenvalue weighted by molar-refractivity contribution is 9.10. The number of hydrogen-bond acceptors (Lipinski definition) is 2. The van der Waals surface area contributed by atoms with Gasteiger partial charge in [-0.15, -0.1) is 0 Å². The summed E-state index contributed by atoms with van der Waals surface area (Å²) in [7, 11) is 4.15. The van der Waals surface area contributed by atoms with Crippen molar-refractivity contribution in [1.82, 2.24) is 15.1 Å². The summed E-state index contributed by atoms with van der Waals surface area (Å²) in [5.74, 6) is 0.799. The lowest BCUT2D eigenvalue weighted by Crippen LogP contribution is -2.32. The largest absolute Gasteiger partial charge is 0.317 e. The second-order valence-corrected chi connectivity index (χ2v) is 6.20. The van der Waals surface area contributed by atoms with E-state index in [-0.39, 0.29) is 0 Å². The molecule has 1 saturated carbocycles. The number of halogens is 1. The van der Waals surface area contributed by atoms with Crippen LogP contribution in [0, 0.1) is 5.92 Å². The van der Waals surface area contributed by atoms with Crippen LogP contribution in [0.25, 0.3) is 0 Å². The summed E-state index contributed by atoms with van der Waals surface area (Å²) in [5.41, 5.74) is 2.56. The summed E-state index contributed by atoms with van der Waals surface area (Å²) in [6, 6.07) is 0.710. The molecular formula is C14H24BrN3. The second kappa shape index (κ2) is 6.20. The van der Waals surface area contributed by atoms with Crippen LogP contribution in [0.3, 0.4) is 0 Å². The molecular weight excluding hydrogens is 290 g/mol. The summed E-state index contributed by atoms with van der Waals surface area (Å²) in [6.07, 6.45) is 7.50. The Balaban J connectivity index is 2.07. The Morgan fingerprint density at radius 3 is 2.83 bits per heavy atom. The monoisotopic (exact) mass is 313 g/mol. The molecule has 2 rings (SSSR count). The molecule has 1 aliphatic carbocycles. The van der Waals surface area contributed by atoms with Crippen LogP contribution in [0.15, 0.2) is 4.47 Å². The van der Waals surface area contributed by atoms with Crippen molar-refractivity contribution in [3.8, 4) is 0 Å². The molecule has 3 nitrogen and oxygen atoms in total. The average molecular weight is 314 g/mol. The summed E-state index contributed by atoms with van der Waals surface area (Å²) in [6.45, 7) is 2.16. The van der Waals surface area contributed by atoms with Crippen molar-refractivity contribution in [1.29, 1.82) is 0 Å². The Labute approximate surface area is 118 Å². The standard InChI is InChI=1S/C14H24BrN3/c1-4-12-14(15)13(18(3)17-12)9-10-6-5-7-11(8-10)16-2/h10-11,16H,4-9H2,1-3H3. The molecule has 0 saturated heterocycles. The fourth-order valence-corrected chi connectivity index (χ4v) is 3.83. The van der Waals surface area contributed by atoms with Crippen LogP contribution in [-0.4, -0.2) is 22.9 Å². The first-order valence-electron chi connectivity index (χ1n) is 7.03. The number of rotatable bonds is 4. The Morgan fingerprint density at radius 2 is 2.22 bits per heavy atom. The second-order valence-electron chi connectivity index (χ2n) is 5.41. The van der Waals surface area contributed by atoms with Crippen molar-refractivity contribution >= 4 is 15.9 Å². The third-order valence-electron chi connectivity index (χ3n) is 4.18. The quantitative estimate of drug-likeness (QED) is 0.926. The van der Waals surface area contributed by atoms with Gasteiger partial charge < -0.3 is 5.32 Å². The first-order valence-corrected chi connectivity index (χ1v) is 7.82. The van der Waals surface area contributed by atoms with Gasteiger partial charge in [0.1, 0.15) is 0 Å². The molecule has 1 aliphatic rings. The molecule has 102 valence electrons. The van der Waals surface area contributed by atoms with E-state index in [2.05, 4.69) is 52.0 Å². The van der Waals surface area contributed by atoms with E-state index in [1.807, 2.05) is 0 Å². The van der Waals surface area contributed by atoms with Gasteiger partial charge in [-0.25, -0.2) is 0 Å². The van der Waals surface area contributed by atoms with Gasteiger partial charge in [0.05, 0.1) is 15.9 Å². The minimum absolute atomic E-state index is 0.710. The zero-order chi connectivity index (χ0) is 13.1. The number of nitrogens with zero attached hydrogens (tertiary/aromatic N) is 2. The first kappa shape index (κ1) is 14.1. The predicted octanol–water partition coefficient (Wildman–Crippen LogP) is 3.07. The molecule has 18 heavy (non-hydrogen) atoms. The molecule has 1 heterocycles. The molecule has 2 atom stereocenters. The van der Waals surface area contributed by atoms with Crippen molar-refractivity contribution in [2.45, 2.75) is 51.5 Å². The first-order chi connectivity index (χ1) is 8.65. The summed E-state index contributed by atoms with van der Waals surface area (Å²) in [4.78, 5) is 0. The molecule has 4 heteroatoms. The SMILES string of the molecule is CCc1nn(C)c(CC2CCCC(NC)C2)c1Br. The van der Waals surface area contributed by atoms with Crippen molar-refractivity contribution in [3.63, 3.8) is 0 Å². The van der Waals surface area contributed by atoms with E-state index >= 15 is 0 Å². The van der Waals surface area contributed by atoms with Crippen LogP contribution in [-0.2, 0) is 19.9 Å². The van der Waals surface area contributed by atoms with Crippen LogP contribution >= 0.6 is 15.9 Å². The van der Waals surface area contributed by atoms with Crippen LogP contribution in [0.4, 0.5) is 0 Å². The van der Waals surface area contributed by atoms with E-state index < -0.39 is 0 Å². The minimum Gasteiger partial charge on any atom is -0.317 e. The van der Waals surface area contributed by atoms with E-state index in [0.717, 1.165) is 18.8 Å². The lowest BCUT2D eigenvalue weighted by atomic mass is 9.83. The van der Waals surface area contributed by atoms with Gasteiger partial charge in [-0.1, -0.05) is 13.3 Å². The maximum absolute atomic E-state index is 4.59. The maximum atomic E-state index is 4.59. The molecule has 0 spiro atoms. The van der Waals surface area contributed by atoms with Crippen molar-refractivity contribution in [2.24, 2.45) is 13.0 Å². The Hall–Kier alpha value is -0.350. The third kappa shape index (κ3) is 2.97. The van der Waals surface area contributed by atoms with Gasteiger partial charge in [0.2, 0.25) is 0 Å². The van der Waals surface area contributed by atoms with Crippen LogP contribution in [0.5, 0.6) is 0 Å². The molecule has 1 aromatic rings. The van der Waals surface area contributed by atoms with Crippen LogP contribution in [0.2, 0.25) is 0 Å². The Morgan fingerprint density at radius 1 is 1.44 bits per heavy atom. The molecule has 1 aromatic heterocycles. The Kier molecular flexibility index (Phi) is 4.84. The predicted molar refractivity (Wildman–Crippen MR) is 78.8 cm³/mol. The minimum atomic E-state index is 0.710. The smallest absolute Gasteiger partial charge is 0.0766 e. The highest BCUT2D eigenvalue weighted by atomic mass is 79.9. The fraction of sp³-hybridized carbons (Fsp3) is 0.786. The molecule has 0 aromatic carbocycles. The topological polar surface area (TPSA) is 29.9 Å². The molecule has 0 aliphatic heterocycles. The molecule has 2 unspecified atom stereocenters. The molecule has 0 bridgehead atoms. The number of aryl methyl sites for hydroxylation is 2. The van der Waals surface area contributed by atoms with E-state index in [0.29, 0.717) is 6.04 Å². The summed E-state index contributed by atoms with van der Waals surface area (Å²) in [5, 5.41) is 8.02. The summed E-state index contributed by atoms with van der Waals surface area (Å²) < 4.78 is 3.30. The highest BCUT2D eigenvalue weighted by Gasteiger charge is 2.23. The zero-order valence-corrected chi connectivity index (χ0v) is 13.3. The summed E-state index contributed by atoms with van der Waals surface area (Å²) >= 11 is 3.72. The normalized spacial score (nSPS) is 24.4. The van der Waals surface area contributed by atoms with E-state index in [1.165, 1.54) is 41.5 Å². The van der Waals surface area contributed by atoms with Gasteiger partial charge >= 0.3 is 0 Å². The third-order valence-corrected chi connectivity index (χ3v) is 5.09. The van der Waals surface area contributed by atoms with Gasteiger partial charge in [0.25, 0.3) is 0 Å². The van der Waals surface area contributed by atoms with Crippen molar-refractivity contribution in [3.05, 3.63) is 15.9 Å². The maximum Gasteiger partial charge on any atom is 0.0766 e. The van der Waals surface area contributed by atoms with E-state index in [1.54, 1.807) is 0 Å². The van der Waals surface area contributed by atoms with Crippen molar-refractivity contribution < 1.29 is 0 Å². The van der Waals surface area contributed by atoms with Gasteiger partial charge in [0, 0.05) is 13.1 Å². The molecule has 0 amide bonds. The van der Waals surface area contributed by atoms with Gasteiger partial charge in [0.15, 0.2) is 0 Å². The number of aromatic nitrogens is 2. The van der Waals surface area contributed by atoms with E-state index in [9.17, 15) is 0 Å². The fourth-order valence-electron chi connectivity index (χ4n) is 3.05. The Bertz CT molecular complexity index is 400. The van der Waals surface area contributed by atoms with E-state index in [4.69, 9.17) is 0 Å². The molecule has 0 radical (unpaired) electrons. The lowest BCUT2D eigenvalue weighted by molar-refractivity contribution is 0.290. The lowest BCUT2D eigenvalue weighted by Gasteiger charge is -2.29. The van der Waals surface area contributed by atoms with Gasteiger partial charge in [-0.2, -0.15) is 5.10 Å².